The lowest BCUT2D eigenvalue weighted by Gasteiger charge is -2.13. The molecular formula is C18H15F3N2O4S. The van der Waals surface area contributed by atoms with Gasteiger partial charge in [0.05, 0.1) is 27.3 Å². The molecule has 148 valence electrons. The molecule has 2 amide bonds. The zero-order chi connectivity index (χ0) is 20.7. The third kappa shape index (κ3) is 3.47. The van der Waals surface area contributed by atoms with E-state index in [4.69, 9.17) is 0 Å². The van der Waals surface area contributed by atoms with E-state index in [9.17, 15) is 31.2 Å². The molecule has 1 heterocycles. The molecule has 10 heteroatoms. The third-order valence-electron chi connectivity index (χ3n) is 4.16. The van der Waals surface area contributed by atoms with E-state index in [2.05, 4.69) is 4.72 Å². The molecule has 0 bridgehead atoms. The van der Waals surface area contributed by atoms with Crippen LogP contribution < -0.4 is 4.72 Å². The van der Waals surface area contributed by atoms with Gasteiger partial charge in [-0.3, -0.25) is 19.2 Å². The second kappa shape index (κ2) is 6.93. The lowest BCUT2D eigenvalue weighted by molar-refractivity contribution is -0.137. The zero-order valence-electron chi connectivity index (χ0n) is 14.6. The number of carbonyl (C=O) groups is 2. The summed E-state index contributed by atoms with van der Waals surface area (Å²) in [5.41, 5.74) is -1.35. The van der Waals surface area contributed by atoms with Crippen LogP contribution in [0.15, 0.2) is 47.4 Å². The molecule has 6 nitrogen and oxygen atoms in total. The molecule has 0 unspecified atom stereocenters. The van der Waals surface area contributed by atoms with Crippen molar-refractivity contribution >= 4 is 27.5 Å². The van der Waals surface area contributed by atoms with Gasteiger partial charge in [-0.15, -0.1) is 0 Å². The second-order valence-corrected chi connectivity index (χ2v) is 7.80. The Morgan fingerprint density at radius 3 is 2.36 bits per heavy atom. The van der Waals surface area contributed by atoms with Crippen LogP contribution in [0.3, 0.4) is 0 Å². The van der Waals surface area contributed by atoms with Gasteiger partial charge in [0, 0.05) is 6.54 Å². The second-order valence-electron chi connectivity index (χ2n) is 6.12. The highest BCUT2D eigenvalue weighted by molar-refractivity contribution is 7.92. The Hall–Kier alpha value is -2.88. The normalized spacial score (nSPS) is 14.4. The van der Waals surface area contributed by atoms with Gasteiger partial charge in [0.25, 0.3) is 21.8 Å². The number of nitrogens with zero attached hydrogens (tertiary/aromatic N) is 1. The van der Waals surface area contributed by atoms with Crippen molar-refractivity contribution in [3.05, 3.63) is 59.2 Å². The number of fused-ring (bicyclic) bond motifs is 1. The molecule has 1 aliphatic heterocycles. The fourth-order valence-corrected chi connectivity index (χ4v) is 4.01. The first-order valence-corrected chi connectivity index (χ1v) is 9.74. The summed E-state index contributed by atoms with van der Waals surface area (Å²) < 4.78 is 65.9. The molecule has 0 spiro atoms. The lowest BCUT2D eigenvalue weighted by Crippen LogP contribution is -2.30. The summed E-state index contributed by atoms with van der Waals surface area (Å²) in [5, 5.41) is 0. The maximum absolute atomic E-state index is 12.9. The molecule has 0 aromatic heterocycles. The molecule has 1 N–H and O–H groups in total. The van der Waals surface area contributed by atoms with Crippen molar-refractivity contribution in [3.8, 4) is 0 Å². The summed E-state index contributed by atoms with van der Waals surface area (Å²) >= 11 is 0. The van der Waals surface area contributed by atoms with E-state index in [-0.39, 0.29) is 23.4 Å². The molecule has 28 heavy (non-hydrogen) atoms. The van der Waals surface area contributed by atoms with Crippen molar-refractivity contribution in [1.29, 1.82) is 0 Å². The van der Waals surface area contributed by atoms with E-state index in [1.807, 2.05) is 0 Å². The van der Waals surface area contributed by atoms with Gasteiger partial charge in [0.1, 0.15) is 0 Å². The predicted octanol–water partition coefficient (Wildman–Crippen LogP) is 3.51. The van der Waals surface area contributed by atoms with Crippen LogP contribution in [0.25, 0.3) is 0 Å². The summed E-state index contributed by atoms with van der Waals surface area (Å²) in [6, 6.07) is 7.31. The number of imide groups is 1. The van der Waals surface area contributed by atoms with Crippen LogP contribution in [0, 0.1) is 0 Å². The summed E-state index contributed by atoms with van der Waals surface area (Å²) in [7, 11) is -4.42. The van der Waals surface area contributed by atoms with E-state index in [0.29, 0.717) is 12.5 Å². The van der Waals surface area contributed by atoms with Gasteiger partial charge in [-0.25, -0.2) is 8.42 Å². The first-order valence-electron chi connectivity index (χ1n) is 8.25. The number of benzene rings is 2. The molecule has 0 aliphatic carbocycles. The smallest absolute Gasteiger partial charge is 0.279 e. The van der Waals surface area contributed by atoms with Crippen LogP contribution in [-0.4, -0.2) is 31.7 Å². The average Bonchev–Trinajstić information content (AvgIpc) is 2.87. The van der Waals surface area contributed by atoms with E-state index >= 15 is 0 Å². The SMILES string of the molecule is CCCN1C(=O)c2cccc(NS(=O)(=O)c3cccc(C(F)(F)F)c3)c2C1=O. The molecule has 0 saturated heterocycles. The van der Waals surface area contributed by atoms with E-state index in [0.717, 1.165) is 23.1 Å². The molecule has 1 aliphatic rings. The minimum absolute atomic E-state index is 0.0442. The topological polar surface area (TPSA) is 83.6 Å². The third-order valence-corrected chi connectivity index (χ3v) is 5.53. The van der Waals surface area contributed by atoms with Gasteiger partial charge in [0.15, 0.2) is 0 Å². The summed E-state index contributed by atoms with van der Waals surface area (Å²) in [4.78, 5) is 25.3. The van der Waals surface area contributed by atoms with E-state index in [1.54, 1.807) is 6.92 Å². The summed E-state index contributed by atoms with van der Waals surface area (Å²) in [6.07, 6.45) is -4.18. The number of alkyl halides is 3. The number of halogens is 3. The molecule has 0 atom stereocenters. The van der Waals surface area contributed by atoms with Crippen LogP contribution in [-0.2, 0) is 16.2 Å². The van der Waals surface area contributed by atoms with Gasteiger partial charge >= 0.3 is 6.18 Å². The van der Waals surface area contributed by atoms with Gasteiger partial charge in [0.2, 0.25) is 0 Å². The summed E-state index contributed by atoms with van der Waals surface area (Å²) in [6.45, 7) is 1.95. The summed E-state index contributed by atoms with van der Waals surface area (Å²) in [5.74, 6) is -1.19. The van der Waals surface area contributed by atoms with Crippen molar-refractivity contribution in [2.24, 2.45) is 0 Å². The Balaban J connectivity index is 2.01. The van der Waals surface area contributed by atoms with Gasteiger partial charge < -0.3 is 0 Å². The number of nitrogens with one attached hydrogen (secondary N) is 1. The molecule has 2 aromatic rings. The minimum atomic E-state index is -4.71. The number of hydrogen-bond donors (Lipinski definition) is 1. The largest absolute Gasteiger partial charge is 0.416 e. The minimum Gasteiger partial charge on any atom is -0.279 e. The van der Waals surface area contributed by atoms with Crippen LogP contribution in [0.1, 0.15) is 39.6 Å². The van der Waals surface area contributed by atoms with Crippen molar-refractivity contribution in [2.45, 2.75) is 24.4 Å². The molecule has 0 radical (unpaired) electrons. The Morgan fingerprint density at radius 2 is 1.71 bits per heavy atom. The van der Waals surface area contributed by atoms with E-state index < -0.39 is 38.5 Å². The number of amides is 2. The van der Waals surface area contributed by atoms with Crippen LogP contribution >= 0.6 is 0 Å². The standard InChI is InChI=1S/C18H15F3N2O4S/c1-2-9-23-16(24)13-7-4-8-14(15(13)17(23)25)22-28(26,27)12-6-3-5-11(10-12)18(19,20)21/h3-8,10,22H,2,9H2,1H3. The highest BCUT2D eigenvalue weighted by atomic mass is 32.2. The first-order chi connectivity index (χ1) is 13.1. The van der Waals surface area contributed by atoms with Crippen LogP contribution in [0.2, 0.25) is 0 Å². The van der Waals surface area contributed by atoms with Crippen molar-refractivity contribution in [2.75, 3.05) is 11.3 Å². The number of rotatable bonds is 5. The number of hydrogen-bond acceptors (Lipinski definition) is 4. The molecule has 3 rings (SSSR count). The van der Waals surface area contributed by atoms with Crippen LogP contribution in [0.5, 0.6) is 0 Å². The van der Waals surface area contributed by atoms with Gasteiger partial charge in [-0.05, 0) is 36.8 Å². The number of carbonyl (C=O) groups excluding carboxylic acids is 2. The predicted molar refractivity (Wildman–Crippen MR) is 94.4 cm³/mol. The molecule has 2 aromatic carbocycles. The highest BCUT2D eigenvalue weighted by Crippen LogP contribution is 2.33. The van der Waals surface area contributed by atoms with Gasteiger partial charge in [-0.2, -0.15) is 13.2 Å². The van der Waals surface area contributed by atoms with Crippen LogP contribution in [0.4, 0.5) is 18.9 Å². The average molecular weight is 412 g/mol. The van der Waals surface area contributed by atoms with Crippen molar-refractivity contribution < 1.29 is 31.2 Å². The number of anilines is 1. The Labute approximate surface area is 159 Å². The first kappa shape index (κ1) is 19.9. The number of sulfonamides is 1. The molecular weight excluding hydrogens is 397 g/mol. The quantitative estimate of drug-likeness (QED) is 0.762. The monoisotopic (exact) mass is 412 g/mol. The maximum atomic E-state index is 12.9. The molecule has 0 saturated carbocycles. The highest BCUT2D eigenvalue weighted by Gasteiger charge is 2.38. The maximum Gasteiger partial charge on any atom is 0.416 e. The Bertz CT molecular complexity index is 1060. The van der Waals surface area contributed by atoms with Crippen molar-refractivity contribution in [1.82, 2.24) is 4.90 Å². The zero-order valence-corrected chi connectivity index (χ0v) is 15.4. The molecule has 0 fully saturated rings. The van der Waals surface area contributed by atoms with Crippen molar-refractivity contribution in [3.63, 3.8) is 0 Å². The lowest BCUT2D eigenvalue weighted by atomic mass is 10.1. The fourth-order valence-electron chi connectivity index (χ4n) is 2.89. The Morgan fingerprint density at radius 1 is 1.04 bits per heavy atom. The Kier molecular flexibility index (Phi) is 4.92. The van der Waals surface area contributed by atoms with E-state index in [1.165, 1.54) is 18.2 Å². The fraction of sp³-hybridized carbons (Fsp3) is 0.222. The van der Waals surface area contributed by atoms with Gasteiger partial charge in [-0.1, -0.05) is 19.1 Å².